The fraction of sp³-hybridized carbons (Fsp3) is 0.500. The van der Waals surface area contributed by atoms with Crippen molar-refractivity contribution in [3.8, 4) is 0 Å². The Bertz CT molecular complexity index is 607. The van der Waals surface area contributed by atoms with Crippen molar-refractivity contribution in [3.63, 3.8) is 0 Å². The third kappa shape index (κ3) is 3.61. The maximum Gasteiger partial charge on any atom is 0.220 e. The fourth-order valence-electron chi connectivity index (χ4n) is 2.45. The van der Waals surface area contributed by atoms with E-state index in [1.165, 1.54) is 0 Å². The van der Waals surface area contributed by atoms with Crippen LogP contribution < -0.4 is 5.32 Å². The van der Waals surface area contributed by atoms with E-state index in [9.17, 15) is 4.79 Å². The zero-order chi connectivity index (χ0) is 15.2. The first-order valence-electron chi connectivity index (χ1n) is 7.40. The van der Waals surface area contributed by atoms with E-state index in [2.05, 4.69) is 14.9 Å². The molecule has 2 rings (SSSR count). The van der Waals surface area contributed by atoms with Crippen LogP contribution in [0.25, 0.3) is 11.0 Å². The zero-order valence-electron chi connectivity index (χ0n) is 12.9. The van der Waals surface area contributed by atoms with E-state index in [0.717, 1.165) is 29.8 Å². The van der Waals surface area contributed by atoms with Gasteiger partial charge in [0, 0.05) is 20.1 Å². The molecule has 1 aromatic heterocycles. The SMILES string of the molecule is CCCC(=O)NC(C)c1nc2ccccc2n1CCOC. The van der Waals surface area contributed by atoms with Gasteiger partial charge in [-0.15, -0.1) is 0 Å². The number of amides is 1. The van der Waals surface area contributed by atoms with Gasteiger partial charge in [0.25, 0.3) is 0 Å². The van der Waals surface area contributed by atoms with E-state index >= 15 is 0 Å². The van der Waals surface area contributed by atoms with Crippen LogP contribution in [0.5, 0.6) is 0 Å². The van der Waals surface area contributed by atoms with Crippen molar-refractivity contribution in [3.05, 3.63) is 30.1 Å². The van der Waals surface area contributed by atoms with Crippen LogP contribution in [-0.2, 0) is 16.1 Å². The Labute approximate surface area is 125 Å². The van der Waals surface area contributed by atoms with Gasteiger partial charge in [0.1, 0.15) is 5.82 Å². The van der Waals surface area contributed by atoms with Gasteiger partial charge in [0.05, 0.1) is 23.7 Å². The van der Waals surface area contributed by atoms with Crippen LogP contribution in [0.2, 0.25) is 0 Å². The lowest BCUT2D eigenvalue weighted by Crippen LogP contribution is -2.28. The van der Waals surface area contributed by atoms with Crippen molar-refractivity contribution in [2.45, 2.75) is 39.3 Å². The number of methoxy groups -OCH3 is 1. The van der Waals surface area contributed by atoms with Gasteiger partial charge in [0.15, 0.2) is 0 Å². The molecule has 0 bridgehead atoms. The van der Waals surface area contributed by atoms with Crippen LogP contribution in [-0.4, -0.2) is 29.2 Å². The molecule has 0 saturated heterocycles. The van der Waals surface area contributed by atoms with Crippen LogP contribution >= 0.6 is 0 Å². The van der Waals surface area contributed by atoms with Crippen LogP contribution in [0, 0.1) is 0 Å². The first kappa shape index (κ1) is 15.5. The predicted molar refractivity (Wildman–Crippen MR) is 83.1 cm³/mol. The summed E-state index contributed by atoms with van der Waals surface area (Å²) in [6.07, 6.45) is 1.39. The minimum absolute atomic E-state index is 0.0651. The number of ether oxygens (including phenoxy) is 1. The lowest BCUT2D eigenvalue weighted by atomic mass is 10.2. The highest BCUT2D eigenvalue weighted by Gasteiger charge is 2.17. The molecular formula is C16H23N3O2. The van der Waals surface area contributed by atoms with E-state index in [1.807, 2.05) is 38.1 Å². The number of aromatic nitrogens is 2. The van der Waals surface area contributed by atoms with Crippen molar-refractivity contribution >= 4 is 16.9 Å². The molecule has 0 aliphatic rings. The number of carbonyl (C=O) groups excluding carboxylic acids is 1. The summed E-state index contributed by atoms with van der Waals surface area (Å²) >= 11 is 0. The van der Waals surface area contributed by atoms with Gasteiger partial charge in [-0.3, -0.25) is 4.79 Å². The first-order chi connectivity index (χ1) is 10.2. The van der Waals surface area contributed by atoms with Gasteiger partial charge >= 0.3 is 0 Å². The van der Waals surface area contributed by atoms with Crippen molar-refractivity contribution in [1.82, 2.24) is 14.9 Å². The number of hydrogen-bond acceptors (Lipinski definition) is 3. The van der Waals surface area contributed by atoms with Crippen LogP contribution in [0.4, 0.5) is 0 Å². The topological polar surface area (TPSA) is 56.2 Å². The Morgan fingerprint density at radius 1 is 1.43 bits per heavy atom. The smallest absolute Gasteiger partial charge is 0.220 e. The second-order valence-corrected chi connectivity index (χ2v) is 5.14. The number of benzene rings is 1. The molecule has 0 aliphatic carbocycles. The summed E-state index contributed by atoms with van der Waals surface area (Å²) in [6, 6.07) is 7.89. The molecule has 2 aromatic rings. The Morgan fingerprint density at radius 2 is 2.19 bits per heavy atom. The molecule has 5 nitrogen and oxygen atoms in total. The number of imidazole rings is 1. The highest BCUT2D eigenvalue weighted by molar-refractivity contribution is 5.78. The quantitative estimate of drug-likeness (QED) is 0.852. The predicted octanol–water partition coefficient (Wildman–Crippen LogP) is 2.66. The Balaban J connectivity index is 2.30. The molecule has 1 amide bonds. The van der Waals surface area contributed by atoms with Crippen molar-refractivity contribution < 1.29 is 9.53 Å². The van der Waals surface area contributed by atoms with Crippen molar-refractivity contribution in [2.75, 3.05) is 13.7 Å². The van der Waals surface area contributed by atoms with E-state index in [1.54, 1.807) is 7.11 Å². The molecule has 0 spiro atoms. The van der Waals surface area contributed by atoms with Gasteiger partial charge in [-0.05, 0) is 25.5 Å². The summed E-state index contributed by atoms with van der Waals surface area (Å²) in [5, 5.41) is 3.01. The van der Waals surface area contributed by atoms with Crippen molar-refractivity contribution in [1.29, 1.82) is 0 Å². The van der Waals surface area contributed by atoms with E-state index in [-0.39, 0.29) is 11.9 Å². The fourth-order valence-corrected chi connectivity index (χ4v) is 2.45. The zero-order valence-corrected chi connectivity index (χ0v) is 12.9. The first-order valence-corrected chi connectivity index (χ1v) is 7.40. The Morgan fingerprint density at radius 3 is 2.90 bits per heavy atom. The third-order valence-corrected chi connectivity index (χ3v) is 3.44. The molecule has 1 aromatic carbocycles. The summed E-state index contributed by atoms with van der Waals surface area (Å²) in [5.41, 5.74) is 2.02. The third-order valence-electron chi connectivity index (χ3n) is 3.44. The maximum atomic E-state index is 11.8. The van der Waals surface area contributed by atoms with Gasteiger partial charge < -0.3 is 14.6 Å². The minimum Gasteiger partial charge on any atom is -0.383 e. The van der Waals surface area contributed by atoms with Gasteiger partial charge in [0.2, 0.25) is 5.91 Å². The molecule has 1 N–H and O–H groups in total. The molecule has 1 atom stereocenters. The molecule has 5 heteroatoms. The lowest BCUT2D eigenvalue weighted by molar-refractivity contribution is -0.121. The van der Waals surface area contributed by atoms with E-state index in [0.29, 0.717) is 13.0 Å². The number of nitrogens with zero attached hydrogens (tertiary/aromatic N) is 2. The average molecular weight is 289 g/mol. The van der Waals surface area contributed by atoms with Gasteiger partial charge in [-0.1, -0.05) is 19.1 Å². The molecular weight excluding hydrogens is 266 g/mol. The molecule has 0 aliphatic heterocycles. The standard InChI is InChI=1S/C16H23N3O2/c1-4-7-15(20)17-12(2)16-18-13-8-5-6-9-14(13)19(16)10-11-21-3/h5-6,8-9,12H,4,7,10-11H2,1-3H3,(H,17,20). The van der Waals surface area contributed by atoms with E-state index in [4.69, 9.17) is 4.74 Å². The van der Waals surface area contributed by atoms with Crippen molar-refractivity contribution in [2.24, 2.45) is 0 Å². The number of para-hydroxylation sites is 2. The van der Waals surface area contributed by atoms with Crippen LogP contribution in [0.1, 0.15) is 38.6 Å². The number of carbonyl (C=O) groups is 1. The Hall–Kier alpha value is -1.88. The molecule has 1 heterocycles. The number of hydrogen-bond donors (Lipinski definition) is 1. The maximum absolute atomic E-state index is 11.8. The summed E-state index contributed by atoms with van der Waals surface area (Å²) in [4.78, 5) is 16.5. The molecule has 0 fully saturated rings. The summed E-state index contributed by atoms with van der Waals surface area (Å²) < 4.78 is 7.30. The van der Waals surface area contributed by atoms with E-state index < -0.39 is 0 Å². The average Bonchev–Trinajstić information content (AvgIpc) is 2.84. The minimum atomic E-state index is -0.117. The van der Waals surface area contributed by atoms with Crippen LogP contribution in [0.15, 0.2) is 24.3 Å². The number of nitrogens with one attached hydrogen (secondary N) is 1. The monoisotopic (exact) mass is 289 g/mol. The molecule has 0 radical (unpaired) electrons. The lowest BCUT2D eigenvalue weighted by Gasteiger charge is -2.16. The highest BCUT2D eigenvalue weighted by Crippen LogP contribution is 2.20. The van der Waals surface area contributed by atoms with Gasteiger partial charge in [-0.25, -0.2) is 4.98 Å². The number of rotatable bonds is 7. The molecule has 114 valence electrons. The molecule has 1 unspecified atom stereocenters. The normalized spacial score (nSPS) is 12.5. The largest absolute Gasteiger partial charge is 0.383 e. The van der Waals surface area contributed by atoms with Gasteiger partial charge in [-0.2, -0.15) is 0 Å². The molecule has 21 heavy (non-hydrogen) atoms. The highest BCUT2D eigenvalue weighted by atomic mass is 16.5. The van der Waals surface area contributed by atoms with Crippen LogP contribution in [0.3, 0.4) is 0 Å². The molecule has 0 saturated carbocycles. The summed E-state index contributed by atoms with van der Waals surface area (Å²) in [6.45, 7) is 5.31. The second-order valence-electron chi connectivity index (χ2n) is 5.14. The number of fused-ring (bicyclic) bond motifs is 1. The summed E-state index contributed by atoms with van der Waals surface area (Å²) in [7, 11) is 1.69. The second kappa shape index (κ2) is 7.22. The Kier molecular flexibility index (Phi) is 5.33. The summed E-state index contributed by atoms with van der Waals surface area (Å²) in [5.74, 6) is 0.938.